The van der Waals surface area contributed by atoms with Gasteiger partial charge in [-0.2, -0.15) is 5.26 Å². The van der Waals surface area contributed by atoms with E-state index in [-0.39, 0.29) is 21.3 Å². The summed E-state index contributed by atoms with van der Waals surface area (Å²) in [5.41, 5.74) is 6.86. The van der Waals surface area contributed by atoms with Crippen molar-refractivity contribution in [1.82, 2.24) is 0 Å². The number of aryl methyl sites for hydroxylation is 1. The Hall–Kier alpha value is -2.23. The highest BCUT2D eigenvalue weighted by atomic mass is 35.5. The van der Waals surface area contributed by atoms with E-state index < -0.39 is 10.0 Å². The average Bonchev–Trinajstić information content (AvgIpc) is 2.40. The lowest BCUT2D eigenvalue weighted by Crippen LogP contribution is -2.16. The monoisotopic (exact) mass is 321 g/mol. The van der Waals surface area contributed by atoms with Crippen LogP contribution in [-0.4, -0.2) is 8.42 Å². The van der Waals surface area contributed by atoms with Crippen LogP contribution in [0.15, 0.2) is 41.3 Å². The standard InChI is InChI=1S/C14H12ClN3O2S/c1-9-3-2-4-12(17)14(9)21(19,20)18-13-7-10(8-16)5-6-11(13)15/h2-7,18H,17H2,1H3. The predicted molar refractivity (Wildman–Crippen MR) is 82.6 cm³/mol. The van der Waals surface area contributed by atoms with Crippen LogP contribution in [0.4, 0.5) is 11.4 Å². The highest BCUT2D eigenvalue weighted by Gasteiger charge is 2.21. The minimum Gasteiger partial charge on any atom is -0.398 e. The molecule has 0 fully saturated rings. The largest absolute Gasteiger partial charge is 0.398 e. The number of benzene rings is 2. The number of nitriles is 1. The molecule has 0 aliphatic carbocycles. The molecule has 0 aliphatic rings. The Morgan fingerprint density at radius 3 is 2.62 bits per heavy atom. The van der Waals surface area contributed by atoms with E-state index in [0.717, 1.165) is 0 Å². The third-order valence-corrected chi connectivity index (χ3v) is 4.76. The van der Waals surface area contributed by atoms with Gasteiger partial charge in [-0.15, -0.1) is 0 Å². The van der Waals surface area contributed by atoms with Gasteiger partial charge in [0.2, 0.25) is 0 Å². The maximum absolute atomic E-state index is 12.5. The van der Waals surface area contributed by atoms with Gasteiger partial charge in [-0.1, -0.05) is 23.7 Å². The molecule has 0 aliphatic heterocycles. The fourth-order valence-electron chi connectivity index (χ4n) is 1.91. The quantitative estimate of drug-likeness (QED) is 0.849. The summed E-state index contributed by atoms with van der Waals surface area (Å²) < 4.78 is 27.3. The fourth-order valence-corrected chi connectivity index (χ4v) is 3.56. The van der Waals surface area contributed by atoms with Gasteiger partial charge in [0.25, 0.3) is 10.0 Å². The zero-order valence-electron chi connectivity index (χ0n) is 11.1. The number of nitrogens with two attached hydrogens (primary N) is 1. The molecule has 0 radical (unpaired) electrons. The minimum absolute atomic E-state index is 0.00317. The number of hydrogen-bond acceptors (Lipinski definition) is 4. The second kappa shape index (κ2) is 5.64. The Morgan fingerprint density at radius 1 is 1.29 bits per heavy atom. The van der Waals surface area contributed by atoms with Crippen molar-refractivity contribution in [3.63, 3.8) is 0 Å². The lowest BCUT2D eigenvalue weighted by molar-refractivity contribution is 0.601. The number of sulfonamides is 1. The number of hydrogen-bond donors (Lipinski definition) is 2. The molecule has 21 heavy (non-hydrogen) atoms. The molecule has 0 saturated carbocycles. The topological polar surface area (TPSA) is 96.0 Å². The number of nitrogens with zero attached hydrogens (tertiary/aromatic N) is 1. The molecule has 2 aromatic carbocycles. The molecule has 0 heterocycles. The molecule has 0 saturated heterocycles. The highest BCUT2D eigenvalue weighted by molar-refractivity contribution is 7.93. The molecule has 0 amide bonds. The van der Waals surface area contributed by atoms with Gasteiger partial charge in [-0.25, -0.2) is 8.42 Å². The molecule has 0 aromatic heterocycles. The van der Waals surface area contributed by atoms with Gasteiger partial charge in [-0.05, 0) is 36.8 Å². The maximum atomic E-state index is 12.5. The molecule has 0 bridgehead atoms. The van der Waals surface area contributed by atoms with Crippen molar-refractivity contribution in [2.24, 2.45) is 0 Å². The van der Waals surface area contributed by atoms with E-state index in [0.29, 0.717) is 11.1 Å². The van der Waals surface area contributed by atoms with Crippen LogP contribution in [0.5, 0.6) is 0 Å². The third-order valence-electron chi connectivity index (χ3n) is 2.85. The van der Waals surface area contributed by atoms with Crippen molar-refractivity contribution in [3.8, 4) is 6.07 Å². The summed E-state index contributed by atoms with van der Waals surface area (Å²) in [5, 5.41) is 9.07. The van der Waals surface area contributed by atoms with Gasteiger partial charge < -0.3 is 5.73 Å². The Kier molecular flexibility index (Phi) is 4.07. The van der Waals surface area contributed by atoms with Gasteiger partial charge in [0.05, 0.1) is 28.0 Å². The first-order chi connectivity index (χ1) is 9.85. The van der Waals surface area contributed by atoms with Crippen molar-refractivity contribution >= 4 is 33.0 Å². The fraction of sp³-hybridized carbons (Fsp3) is 0.0714. The van der Waals surface area contributed by atoms with E-state index in [1.165, 1.54) is 24.3 Å². The maximum Gasteiger partial charge on any atom is 0.264 e. The first-order valence-corrected chi connectivity index (χ1v) is 7.79. The van der Waals surface area contributed by atoms with Gasteiger partial charge in [0, 0.05) is 0 Å². The van der Waals surface area contributed by atoms with Crippen molar-refractivity contribution < 1.29 is 8.42 Å². The zero-order chi connectivity index (χ0) is 15.6. The van der Waals surface area contributed by atoms with Gasteiger partial charge in [0.15, 0.2) is 0 Å². The summed E-state index contributed by atoms with van der Waals surface area (Å²) in [6.45, 7) is 1.65. The van der Waals surface area contributed by atoms with Crippen LogP contribution in [-0.2, 0) is 10.0 Å². The molecule has 2 aromatic rings. The lowest BCUT2D eigenvalue weighted by atomic mass is 10.2. The molecule has 7 heteroatoms. The van der Waals surface area contributed by atoms with Crippen molar-refractivity contribution in [1.29, 1.82) is 5.26 Å². The van der Waals surface area contributed by atoms with E-state index in [9.17, 15) is 8.42 Å². The van der Waals surface area contributed by atoms with Gasteiger partial charge in [-0.3, -0.25) is 4.72 Å². The van der Waals surface area contributed by atoms with Crippen LogP contribution in [0.3, 0.4) is 0 Å². The summed E-state index contributed by atoms with van der Waals surface area (Å²) in [5.74, 6) is 0. The van der Waals surface area contributed by atoms with E-state index >= 15 is 0 Å². The smallest absolute Gasteiger partial charge is 0.264 e. The Bertz CT molecular complexity index is 822. The molecule has 2 rings (SSSR count). The molecule has 0 spiro atoms. The average molecular weight is 322 g/mol. The van der Waals surface area contributed by atoms with Crippen LogP contribution in [0.1, 0.15) is 11.1 Å². The van der Waals surface area contributed by atoms with Gasteiger partial charge >= 0.3 is 0 Å². The van der Waals surface area contributed by atoms with Crippen LogP contribution >= 0.6 is 11.6 Å². The third kappa shape index (κ3) is 3.10. The van der Waals surface area contributed by atoms with E-state index in [4.69, 9.17) is 22.6 Å². The Balaban J connectivity index is 2.50. The number of nitrogens with one attached hydrogen (secondary N) is 1. The molecule has 5 nitrogen and oxygen atoms in total. The van der Waals surface area contributed by atoms with E-state index in [1.807, 2.05) is 6.07 Å². The van der Waals surface area contributed by atoms with Crippen LogP contribution < -0.4 is 10.5 Å². The Labute approximate surface area is 128 Å². The number of rotatable bonds is 3. The zero-order valence-corrected chi connectivity index (χ0v) is 12.7. The van der Waals surface area contributed by atoms with Crippen LogP contribution in [0.2, 0.25) is 5.02 Å². The predicted octanol–water partition coefficient (Wildman–Crippen LogP) is 2.90. The highest BCUT2D eigenvalue weighted by Crippen LogP contribution is 2.29. The summed E-state index contributed by atoms with van der Waals surface area (Å²) in [7, 11) is -3.89. The SMILES string of the molecule is Cc1cccc(N)c1S(=O)(=O)Nc1cc(C#N)ccc1Cl. The normalized spacial score (nSPS) is 10.9. The molecular formula is C14H12ClN3O2S. The second-order valence-electron chi connectivity index (χ2n) is 4.41. The number of nitrogen functional groups attached to an aromatic ring is 1. The van der Waals surface area contributed by atoms with E-state index in [1.54, 1.807) is 19.1 Å². The summed E-state index contributed by atoms with van der Waals surface area (Å²) in [6.07, 6.45) is 0. The summed E-state index contributed by atoms with van der Waals surface area (Å²) in [4.78, 5) is 0.00317. The van der Waals surface area contributed by atoms with Crippen molar-refractivity contribution in [2.75, 3.05) is 10.5 Å². The van der Waals surface area contributed by atoms with Crippen molar-refractivity contribution in [2.45, 2.75) is 11.8 Å². The number of anilines is 2. The molecule has 0 unspecified atom stereocenters. The van der Waals surface area contributed by atoms with E-state index in [2.05, 4.69) is 4.72 Å². The molecular weight excluding hydrogens is 310 g/mol. The first kappa shape index (κ1) is 15.2. The van der Waals surface area contributed by atoms with Crippen LogP contribution in [0, 0.1) is 18.3 Å². The molecule has 3 N–H and O–H groups in total. The second-order valence-corrected chi connectivity index (χ2v) is 6.43. The summed E-state index contributed by atoms with van der Waals surface area (Å²) in [6, 6.07) is 11.1. The summed E-state index contributed by atoms with van der Waals surface area (Å²) >= 11 is 5.96. The van der Waals surface area contributed by atoms with Gasteiger partial charge in [0.1, 0.15) is 4.90 Å². The lowest BCUT2D eigenvalue weighted by Gasteiger charge is -2.13. The first-order valence-electron chi connectivity index (χ1n) is 5.92. The van der Waals surface area contributed by atoms with Crippen molar-refractivity contribution in [3.05, 3.63) is 52.5 Å². The molecule has 0 atom stereocenters. The van der Waals surface area contributed by atoms with Crippen LogP contribution in [0.25, 0.3) is 0 Å². The Morgan fingerprint density at radius 2 is 2.00 bits per heavy atom. The number of halogens is 1. The minimum atomic E-state index is -3.89. The molecule has 108 valence electrons.